The van der Waals surface area contributed by atoms with Gasteiger partial charge in [0.25, 0.3) is 11.7 Å². The summed E-state index contributed by atoms with van der Waals surface area (Å²) in [5, 5.41) is 11.2. The Morgan fingerprint density at radius 1 is 1.00 bits per heavy atom. The molecule has 3 aromatic rings. The first-order valence-corrected chi connectivity index (χ1v) is 11.3. The summed E-state index contributed by atoms with van der Waals surface area (Å²) in [7, 11) is 2.86. The van der Waals surface area contributed by atoms with E-state index in [9.17, 15) is 19.1 Å². The van der Waals surface area contributed by atoms with E-state index < -0.39 is 29.3 Å². The summed E-state index contributed by atoms with van der Waals surface area (Å²) in [6.45, 7) is 0.687. The minimum absolute atomic E-state index is 0.0185. The summed E-state index contributed by atoms with van der Waals surface area (Å²) >= 11 is 0. The van der Waals surface area contributed by atoms with E-state index in [1.807, 2.05) is 30.3 Å². The van der Waals surface area contributed by atoms with Crippen molar-refractivity contribution in [1.82, 2.24) is 4.90 Å². The first-order valence-electron chi connectivity index (χ1n) is 11.3. The average Bonchev–Trinajstić information content (AvgIpc) is 3.16. The van der Waals surface area contributed by atoms with Gasteiger partial charge in [-0.05, 0) is 41.5 Å². The van der Waals surface area contributed by atoms with E-state index in [4.69, 9.17) is 14.2 Å². The Bertz CT molecular complexity index is 1270. The van der Waals surface area contributed by atoms with Gasteiger partial charge in [-0.1, -0.05) is 42.5 Å². The number of nitrogens with zero attached hydrogens (tertiary/aromatic N) is 1. The zero-order chi connectivity index (χ0) is 25.7. The average molecular weight is 492 g/mol. The van der Waals surface area contributed by atoms with Gasteiger partial charge in [-0.25, -0.2) is 4.39 Å². The zero-order valence-corrected chi connectivity index (χ0v) is 19.9. The molecular formula is C28H26FNO6. The van der Waals surface area contributed by atoms with Crippen molar-refractivity contribution in [3.63, 3.8) is 0 Å². The van der Waals surface area contributed by atoms with Crippen molar-refractivity contribution in [1.29, 1.82) is 0 Å². The largest absolute Gasteiger partial charge is 0.507 e. The molecule has 1 unspecified atom stereocenters. The van der Waals surface area contributed by atoms with E-state index in [2.05, 4.69) is 0 Å². The van der Waals surface area contributed by atoms with Gasteiger partial charge in [0.1, 0.15) is 29.7 Å². The Hall–Kier alpha value is -4.17. The Kier molecular flexibility index (Phi) is 7.65. The lowest BCUT2D eigenvalue weighted by Crippen LogP contribution is -2.32. The topological polar surface area (TPSA) is 85.3 Å². The van der Waals surface area contributed by atoms with E-state index >= 15 is 0 Å². The van der Waals surface area contributed by atoms with E-state index in [-0.39, 0.29) is 30.0 Å². The lowest BCUT2D eigenvalue weighted by molar-refractivity contribution is -0.140. The number of benzene rings is 3. The molecule has 186 valence electrons. The van der Waals surface area contributed by atoms with Crippen LogP contribution in [0, 0.1) is 5.82 Å². The lowest BCUT2D eigenvalue weighted by Gasteiger charge is -2.25. The number of amides is 1. The van der Waals surface area contributed by atoms with E-state index in [0.717, 1.165) is 11.6 Å². The van der Waals surface area contributed by atoms with Crippen molar-refractivity contribution in [2.45, 2.75) is 12.6 Å². The summed E-state index contributed by atoms with van der Waals surface area (Å²) in [6, 6.07) is 19.3. The van der Waals surface area contributed by atoms with Crippen LogP contribution in [-0.2, 0) is 20.9 Å². The molecule has 36 heavy (non-hydrogen) atoms. The third-order valence-corrected chi connectivity index (χ3v) is 5.94. The number of hydrogen-bond donors (Lipinski definition) is 1. The molecular weight excluding hydrogens is 465 g/mol. The second kappa shape index (κ2) is 11.0. The maximum atomic E-state index is 14.0. The molecule has 0 spiro atoms. The number of aliphatic hydroxyl groups excluding tert-OH is 1. The van der Waals surface area contributed by atoms with Crippen molar-refractivity contribution < 1.29 is 33.3 Å². The summed E-state index contributed by atoms with van der Waals surface area (Å²) < 4.78 is 30.2. The molecule has 0 saturated carbocycles. The van der Waals surface area contributed by atoms with Crippen LogP contribution in [0.4, 0.5) is 4.39 Å². The van der Waals surface area contributed by atoms with Crippen LogP contribution >= 0.6 is 0 Å². The van der Waals surface area contributed by atoms with Gasteiger partial charge < -0.3 is 24.2 Å². The van der Waals surface area contributed by atoms with Gasteiger partial charge in [-0.2, -0.15) is 0 Å². The van der Waals surface area contributed by atoms with E-state index in [1.165, 1.54) is 31.3 Å². The molecule has 1 amide bonds. The molecule has 0 aliphatic carbocycles. The SMILES string of the molecule is COCCN1C(=O)C(=O)/C(=C(/O)c2cc(F)ccc2OC)C1c1ccc(OCc2ccccc2)cc1. The van der Waals surface area contributed by atoms with Crippen LogP contribution in [0.2, 0.25) is 0 Å². The van der Waals surface area contributed by atoms with Crippen LogP contribution in [0.1, 0.15) is 22.7 Å². The normalized spacial score (nSPS) is 16.9. The fourth-order valence-electron chi connectivity index (χ4n) is 4.14. The highest BCUT2D eigenvalue weighted by molar-refractivity contribution is 6.46. The van der Waals surface area contributed by atoms with Crippen LogP contribution in [0.5, 0.6) is 11.5 Å². The molecule has 7 nitrogen and oxygen atoms in total. The summed E-state index contributed by atoms with van der Waals surface area (Å²) in [5.41, 5.74) is 1.42. The fourth-order valence-corrected chi connectivity index (χ4v) is 4.14. The fraction of sp³-hybridized carbons (Fsp3) is 0.214. The molecule has 1 fully saturated rings. The number of rotatable bonds is 9. The second-order valence-electron chi connectivity index (χ2n) is 8.17. The van der Waals surface area contributed by atoms with Gasteiger partial charge in [0, 0.05) is 13.7 Å². The molecule has 0 radical (unpaired) electrons. The van der Waals surface area contributed by atoms with Crippen molar-refractivity contribution in [3.8, 4) is 11.5 Å². The maximum absolute atomic E-state index is 14.0. The molecule has 3 aromatic carbocycles. The number of ketones is 1. The van der Waals surface area contributed by atoms with Gasteiger partial charge in [-0.3, -0.25) is 9.59 Å². The minimum Gasteiger partial charge on any atom is -0.507 e. The quantitative estimate of drug-likeness (QED) is 0.270. The first-order chi connectivity index (χ1) is 17.4. The molecule has 1 aliphatic rings. The number of ether oxygens (including phenoxy) is 3. The number of aliphatic hydroxyl groups is 1. The van der Waals surface area contributed by atoms with Gasteiger partial charge in [0.05, 0.1) is 30.9 Å². The highest BCUT2D eigenvalue weighted by Crippen LogP contribution is 2.41. The number of halogens is 1. The van der Waals surface area contributed by atoms with Crippen molar-refractivity contribution in [3.05, 3.63) is 101 Å². The van der Waals surface area contributed by atoms with Gasteiger partial charge >= 0.3 is 0 Å². The van der Waals surface area contributed by atoms with Crippen LogP contribution < -0.4 is 9.47 Å². The predicted molar refractivity (Wildman–Crippen MR) is 131 cm³/mol. The maximum Gasteiger partial charge on any atom is 0.295 e. The number of hydrogen-bond acceptors (Lipinski definition) is 6. The summed E-state index contributed by atoms with van der Waals surface area (Å²) in [5.74, 6) is -2.02. The second-order valence-corrected chi connectivity index (χ2v) is 8.17. The number of carbonyl (C=O) groups excluding carboxylic acids is 2. The lowest BCUT2D eigenvalue weighted by atomic mass is 9.95. The van der Waals surface area contributed by atoms with E-state index in [1.54, 1.807) is 24.3 Å². The minimum atomic E-state index is -0.906. The molecule has 1 N–H and O–H groups in total. The van der Waals surface area contributed by atoms with Crippen molar-refractivity contribution in [2.75, 3.05) is 27.4 Å². The molecule has 0 bridgehead atoms. The number of carbonyl (C=O) groups is 2. The molecule has 1 aliphatic heterocycles. The smallest absolute Gasteiger partial charge is 0.295 e. The van der Waals surface area contributed by atoms with Gasteiger partial charge in [-0.15, -0.1) is 0 Å². The Balaban J connectivity index is 1.72. The van der Waals surface area contributed by atoms with Crippen molar-refractivity contribution >= 4 is 17.4 Å². The predicted octanol–water partition coefficient (Wildman–Crippen LogP) is 4.48. The van der Waals surface area contributed by atoms with Crippen LogP contribution in [-0.4, -0.2) is 49.1 Å². The highest BCUT2D eigenvalue weighted by atomic mass is 19.1. The molecule has 1 atom stereocenters. The zero-order valence-electron chi connectivity index (χ0n) is 19.9. The Morgan fingerprint density at radius 2 is 1.72 bits per heavy atom. The molecule has 1 heterocycles. The van der Waals surface area contributed by atoms with Crippen molar-refractivity contribution in [2.24, 2.45) is 0 Å². The summed E-state index contributed by atoms with van der Waals surface area (Å²) in [6.07, 6.45) is 0. The van der Waals surface area contributed by atoms with Crippen LogP contribution in [0.25, 0.3) is 5.76 Å². The number of methoxy groups -OCH3 is 2. The molecule has 0 aromatic heterocycles. The Morgan fingerprint density at radius 3 is 2.39 bits per heavy atom. The molecule has 4 rings (SSSR count). The monoisotopic (exact) mass is 491 g/mol. The Labute approximate surface area is 208 Å². The van der Waals surface area contributed by atoms with Crippen LogP contribution in [0.3, 0.4) is 0 Å². The third kappa shape index (κ3) is 5.08. The standard InChI is InChI=1S/C28H26FNO6/c1-34-15-14-30-25(19-8-11-21(12-9-19)36-17-18-6-4-3-5-7-18)24(27(32)28(30)33)26(31)22-16-20(29)10-13-23(22)35-2/h3-13,16,25,31H,14-15,17H2,1-2H3/b26-24+. The van der Waals surface area contributed by atoms with Crippen LogP contribution in [0.15, 0.2) is 78.4 Å². The molecule has 8 heteroatoms. The van der Waals surface area contributed by atoms with E-state index in [0.29, 0.717) is 17.9 Å². The van der Waals surface area contributed by atoms with Gasteiger partial charge in [0.2, 0.25) is 0 Å². The van der Waals surface area contributed by atoms with Gasteiger partial charge in [0.15, 0.2) is 0 Å². The third-order valence-electron chi connectivity index (χ3n) is 5.94. The highest BCUT2D eigenvalue weighted by Gasteiger charge is 2.46. The molecule has 1 saturated heterocycles. The number of likely N-dealkylation sites (tertiary alicyclic amines) is 1. The first kappa shape index (κ1) is 24.9. The summed E-state index contributed by atoms with van der Waals surface area (Å²) in [4.78, 5) is 27.3. The number of Topliss-reactive ketones (excluding diaryl/α,β-unsaturated/α-hetero) is 1.